The van der Waals surface area contributed by atoms with E-state index in [0.717, 1.165) is 6.07 Å². The van der Waals surface area contributed by atoms with Gasteiger partial charge >= 0.3 is 6.18 Å². The van der Waals surface area contributed by atoms with Crippen molar-refractivity contribution in [1.82, 2.24) is 10.3 Å². The molecule has 0 atom stereocenters. The number of hydrogen-bond acceptors (Lipinski definition) is 2. The number of nitrogens with zero attached hydrogens (tertiary/aromatic N) is 1. The van der Waals surface area contributed by atoms with Crippen molar-refractivity contribution in [2.45, 2.75) is 20.0 Å². The number of carbonyl (C=O) groups is 1. The second kappa shape index (κ2) is 4.51. The highest BCUT2D eigenvalue weighted by Crippen LogP contribution is 2.29. The van der Waals surface area contributed by atoms with Gasteiger partial charge in [-0.05, 0) is 25.5 Å². The SMILES string of the molecule is CCNC(=O)c1ncc(C(F)(F)F)cc1C. The third-order valence-electron chi connectivity index (χ3n) is 1.96. The lowest BCUT2D eigenvalue weighted by Gasteiger charge is -2.09. The molecular formula is C10H11F3N2O. The molecule has 0 aliphatic rings. The van der Waals surface area contributed by atoms with Gasteiger partial charge in [-0.1, -0.05) is 0 Å². The topological polar surface area (TPSA) is 42.0 Å². The lowest BCUT2D eigenvalue weighted by atomic mass is 10.1. The first kappa shape index (κ1) is 12.5. The number of amides is 1. The fourth-order valence-corrected chi connectivity index (χ4v) is 1.21. The van der Waals surface area contributed by atoms with Crippen molar-refractivity contribution in [3.05, 3.63) is 29.1 Å². The Morgan fingerprint density at radius 1 is 1.50 bits per heavy atom. The molecule has 0 bridgehead atoms. The second-order valence-electron chi connectivity index (χ2n) is 3.25. The largest absolute Gasteiger partial charge is 0.417 e. The molecule has 1 amide bonds. The van der Waals surface area contributed by atoms with Crippen molar-refractivity contribution in [2.24, 2.45) is 0 Å². The summed E-state index contributed by atoms with van der Waals surface area (Å²) in [7, 11) is 0. The van der Waals surface area contributed by atoms with Crippen molar-refractivity contribution in [3.63, 3.8) is 0 Å². The van der Waals surface area contributed by atoms with Gasteiger partial charge in [0.15, 0.2) is 0 Å². The predicted molar refractivity (Wildman–Crippen MR) is 52.0 cm³/mol. The normalized spacial score (nSPS) is 11.3. The Morgan fingerprint density at radius 2 is 2.12 bits per heavy atom. The lowest BCUT2D eigenvalue weighted by Crippen LogP contribution is -2.25. The average molecular weight is 232 g/mol. The molecule has 0 radical (unpaired) electrons. The van der Waals surface area contributed by atoms with E-state index in [9.17, 15) is 18.0 Å². The van der Waals surface area contributed by atoms with Crippen LogP contribution in [0.25, 0.3) is 0 Å². The van der Waals surface area contributed by atoms with E-state index < -0.39 is 17.6 Å². The number of hydrogen-bond donors (Lipinski definition) is 1. The highest BCUT2D eigenvalue weighted by molar-refractivity contribution is 5.93. The van der Waals surface area contributed by atoms with Crippen LogP contribution in [-0.4, -0.2) is 17.4 Å². The maximum atomic E-state index is 12.3. The zero-order chi connectivity index (χ0) is 12.3. The molecule has 0 saturated carbocycles. The maximum Gasteiger partial charge on any atom is 0.417 e. The molecule has 1 heterocycles. The summed E-state index contributed by atoms with van der Waals surface area (Å²) in [6.07, 6.45) is -3.77. The van der Waals surface area contributed by atoms with Gasteiger partial charge in [0.1, 0.15) is 5.69 Å². The zero-order valence-electron chi connectivity index (χ0n) is 8.85. The van der Waals surface area contributed by atoms with Crippen LogP contribution in [0, 0.1) is 6.92 Å². The van der Waals surface area contributed by atoms with Crippen LogP contribution in [0.3, 0.4) is 0 Å². The van der Waals surface area contributed by atoms with E-state index in [-0.39, 0.29) is 11.3 Å². The molecule has 1 aromatic rings. The standard InChI is InChI=1S/C10H11F3N2O/c1-3-14-9(16)8-6(2)4-7(5-15-8)10(11,12)13/h4-5H,3H2,1-2H3,(H,14,16). The van der Waals surface area contributed by atoms with Crippen LogP contribution < -0.4 is 5.32 Å². The molecule has 0 aromatic carbocycles. The number of nitrogens with one attached hydrogen (secondary N) is 1. The van der Waals surface area contributed by atoms with Crippen molar-refractivity contribution in [2.75, 3.05) is 6.54 Å². The van der Waals surface area contributed by atoms with Gasteiger partial charge in [0.2, 0.25) is 0 Å². The first-order chi connectivity index (χ1) is 7.36. The minimum Gasteiger partial charge on any atom is -0.351 e. The Balaban J connectivity index is 3.05. The van der Waals surface area contributed by atoms with Crippen molar-refractivity contribution < 1.29 is 18.0 Å². The van der Waals surface area contributed by atoms with Gasteiger partial charge < -0.3 is 5.32 Å². The summed E-state index contributed by atoms with van der Waals surface area (Å²) in [5.41, 5.74) is -0.617. The van der Waals surface area contributed by atoms with E-state index in [1.165, 1.54) is 6.92 Å². The van der Waals surface area contributed by atoms with Crippen molar-refractivity contribution in [1.29, 1.82) is 0 Å². The van der Waals surface area contributed by atoms with Crippen LogP contribution in [0.15, 0.2) is 12.3 Å². The smallest absolute Gasteiger partial charge is 0.351 e. The molecule has 16 heavy (non-hydrogen) atoms. The van der Waals surface area contributed by atoms with Gasteiger partial charge in [0.25, 0.3) is 5.91 Å². The number of halogens is 3. The second-order valence-corrected chi connectivity index (χ2v) is 3.25. The van der Waals surface area contributed by atoms with E-state index in [4.69, 9.17) is 0 Å². The summed E-state index contributed by atoms with van der Waals surface area (Å²) in [5.74, 6) is -0.464. The zero-order valence-corrected chi connectivity index (χ0v) is 8.85. The molecule has 0 spiro atoms. The average Bonchev–Trinajstić information content (AvgIpc) is 2.16. The Bertz CT molecular complexity index is 402. The molecule has 0 fully saturated rings. The Hall–Kier alpha value is -1.59. The number of pyridine rings is 1. The number of aryl methyl sites for hydroxylation is 1. The van der Waals surface area contributed by atoms with Crippen LogP contribution in [0.1, 0.15) is 28.5 Å². The van der Waals surface area contributed by atoms with Crippen LogP contribution in [0.4, 0.5) is 13.2 Å². The van der Waals surface area contributed by atoms with Crippen molar-refractivity contribution >= 4 is 5.91 Å². The highest BCUT2D eigenvalue weighted by atomic mass is 19.4. The molecule has 88 valence electrons. The Morgan fingerprint density at radius 3 is 2.56 bits per heavy atom. The summed E-state index contributed by atoms with van der Waals surface area (Å²) in [4.78, 5) is 14.9. The number of carbonyl (C=O) groups excluding carboxylic acids is 1. The summed E-state index contributed by atoms with van der Waals surface area (Å²) >= 11 is 0. The van der Waals surface area contributed by atoms with E-state index >= 15 is 0 Å². The predicted octanol–water partition coefficient (Wildman–Crippen LogP) is 2.16. The molecule has 1 rings (SSSR count). The fourth-order valence-electron chi connectivity index (χ4n) is 1.21. The summed E-state index contributed by atoms with van der Waals surface area (Å²) < 4.78 is 36.9. The molecule has 1 aromatic heterocycles. The third kappa shape index (κ3) is 2.71. The minimum absolute atomic E-state index is 0.0230. The van der Waals surface area contributed by atoms with E-state index in [2.05, 4.69) is 10.3 Å². The van der Waals surface area contributed by atoms with Gasteiger partial charge in [-0.2, -0.15) is 13.2 Å². The maximum absolute atomic E-state index is 12.3. The monoisotopic (exact) mass is 232 g/mol. The molecule has 0 saturated heterocycles. The molecule has 1 N–H and O–H groups in total. The molecular weight excluding hydrogens is 221 g/mol. The van der Waals surface area contributed by atoms with E-state index in [1.807, 2.05) is 0 Å². The lowest BCUT2D eigenvalue weighted by molar-refractivity contribution is -0.137. The quantitative estimate of drug-likeness (QED) is 0.848. The molecule has 0 aliphatic heterocycles. The van der Waals surface area contributed by atoms with Gasteiger partial charge in [0, 0.05) is 12.7 Å². The van der Waals surface area contributed by atoms with Gasteiger partial charge in [0.05, 0.1) is 5.56 Å². The Labute approximate surface area is 90.7 Å². The third-order valence-corrected chi connectivity index (χ3v) is 1.96. The number of aromatic nitrogens is 1. The van der Waals surface area contributed by atoms with Crippen LogP contribution in [-0.2, 0) is 6.18 Å². The van der Waals surface area contributed by atoms with Crippen LogP contribution >= 0.6 is 0 Å². The first-order valence-corrected chi connectivity index (χ1v) is 4.68. The van der Waals surface area contributed by atoms with Crippen LogP contribution in [0.5, 0.6) is 0 Å². The number of alkyl halides is 3. The van der Waals surface area contributed by atoms with E-state index in [0.29, 0.717) is 12.7 Å². The van der Waals surface area contributed by atoms with Crippen molar-refractivity contribution in [3.8, 4) is 0 Å². The Kier molecular flexibility index (Phi) is 3.51. The minimum atomic E-state index is -4.43. The van der Waals surface area contributed by atoms with E-state index in [1.54, 1.807) is 6.92 Å². The summed E-state index contributed by atoms with van der Waals surface area (Å²) in [5, 5.41) is 2.48. The van der Waals surface area contributed by atoms with Gasteiger partial charge in [-0.15, -0.1) is 0 Å². The fraction of sp³-hybridized carbons (Fsp3) is 0.400. The summed E-state index contributed by atoms with van der Waals surface area (Å²) in [6.45, 7) is 3.55. The molecule has 0 unspecified atom stereocenters. The van der Waals surface area contributed by atoms with Gasteiger partial charge in [-0.25, -0.2) is 0 Å². The first-order valence-electron chi connectivity index (χ1n) is 4.68. The number of rotatable bonds is 2. The van der Waals surface area contributed by atoms with Crippen LogP contribution in [0.2, 0.25) is 0 Å². The molecule has 6 heteroatoms. The molecule has 3 nitrogen and oxygen atoms in total. The highest BCUT2D eigenvalue weighted by Gasteiger charge is 2.31. The summed E-state index contributed by atoms with van der Waals surface area (Å²) in [6, 6.07) is 0.914. The van der Waals surface area contributed by atoms with Gasteiger partial charge in [-0.3, -0.25) is 9.78 Å². The molecule has 0 aliphatic carbocycles.